The Labute approximate surface area is 188 Å². The van der Waals surface area contributed by atoms with E-state index >= 15 is 0 Å². The first kappa shape index (κ1) is 22.0. The molecule has 1 saturated carbocycles. The minimum absolute atomic E-state index is 0.00778. The van der Waals surface area contributed by atoms with Crippen molar-refractivity contribution >= 4 is 11.9 Å². The topological polar surface area (TPSA) is 83.1 Å². The van der Waals surface area contributed by atoms with E-state index in [4.69, 9.17) is 18.9 Å². The first-order valence-electron chi connectivity index (χ1n) is 11.1. The summed E-state index contributed by atoms with van der Waals surface area (Å²) in [6.45, 7) is 0.861. The molecule has 0 aromatic heterocycles. The monoisotopic (exact) mass is 439 g/mol. The standard InChI is InChI=1S/C25H29NO6/c1-29-21-11-10-19(17-8-9-20-18(14-17)15-26-24(20)27)22(23(21)30-2)31-12-13-32-25(28)16-6-4-3-5-7-16/h8-11,14,16H,3-7,12-13,15H2,1-2H3,(H,26,27). The average Bonchev–Trinajstić information content (AvgIpc) is 3.21. The lowest BCUT2D eigenvalue weighted by atomic mass is 9.89. The molecule has 1 N–H and O–H groups in total. The molecule has 0 unspecified atom stereocenters. The van der Waals surface area contributed by atoms with Crippen LogP contribution in [-0.4, -0.2) is 39.3 Å². The molecule has 0 spiro atoms. The van der Waals surface area contributed by atoms with Crippen LogP contribution in [0.3, 0.4) is 0 Å². The van der Waals surface area contributed by atoms with E-state index in [1.165, 1.54) is 6.42 Å². The summed E-state index contributed by atoms with van der Waals surface area (Å²) < 4.78 is 22.6. The third kappa shape index (κ3) is 4.52. The summed E-state index contributed by atoms with van der Waals surface area (Å²) in [5, 5.41) is 2.84. The Morgan fingerprint density at radius 1 is 0.969 bits per heavy atom. The van der Waals surface area contributed by atoms with Crippen LogP contribution in [0.2, 0.25) is 0 Å². The van der Waals surface area contributed by atoms with E-state index in [0.29, 0.717) is 29.4 Å². The Morgan fingerprint density at radius 3 is 2.50 bits per heavy atom. The lowest BCUT2D eigenvalue weighted by Crippen LogP contribution is -2.22. The fraction of sp³-hybridized carbons (Fsp3) is 0.440. The smallest absolute Gasteiger partial charge is 0.309 e. The number of carbonyl (C=O) groups excluding carboxylic acids is 2. The summed E-state index contributed by atoms with van der Waals surface area (Å²) in [6.07, 6.45) is 5.18. The molecule has 1 aliphatic carbocycles. The van der Waals surface area contributed by atoms with Gasteiger partial charge in [0.25, 0.3) is 5.91 Å². The Hall–Kier alpha value is -3.22. The predicted octanol–water partition coefficient (Wildman–Crippen LogP) is 4.12. The number of ether oxygens (including phenoxy) is 4. The fourth-order valence-electron chi connectivity index (χ4n) is 4.41. The summed E-state index contributed by atoms with van der Waals surface area (Å²) in [4.78, 5) is 24.2. The second kappa shape index (κ2) is 9.94. The molecule has 4 rings (SSSR count). The summed E-state index contributed by atoms with van der Waals surface area (Å²) in [6, 6.07) is 9.40. The van der Waals surface area contributed by atoms with Gasteiger partial charge in [-0.05, 0) is 48.2 Å². The van der Waals surface area contributed by atoms with E-state index in [1.807, 2.05) is 30.3 Å². The van der Waals surface area contributed by atoms with E-state index in [1.54, 1.807) is 14.2 Å². The average molecular weight is 440 g/mol. The van der Waals surface area contributed by atoms with Crippen LogP contribution in [0.5, 0.6) is 17.2 Å². The van der Waals surface area contributed by atoms with Crippen molar-refractivity contribution in [3.63, 3.8) is 0 Å². The molecule has 2 aliphatic rings. The van der Waals surface area contributed by atoms with Crippen molar-refractivity contribution in [2.75, 3.05) is 27.4 Å². The first-order valence-corrected chi connectivity index (χ1v) is 11.1. The van der Waals surface area contributed by atoms with E-state index in [0.717, 1.165) is 42.4 Å². The molecule has 32 heavy (non-hydrogen) atoms. The van der Waals surface area contributed by atoms with E-state index < -0.39 is 0 Å². The zero-order valence-electron chi connectivity index (χ0n) is 18.6. The number of esters is 1. The summed E-state index contributed by atoms with van der Waals surface area (Å²) >= 11 is 0. The molecule has 1 fully saturated rings. The Balaban J connectivity index is 1.52. The van der Waals surface area contributed by atoms with E-state index in [2.05, 4.69) is 5.32 Å². The Bertz CT molecular complexity index is 996. The van der Waals surface area contributed by atoms with Crippen molar-refractivity contribution < 1.29 is 28.5 Å². The van der Waals surface area contributed by atoms with Gasteiger partial charge in [-0.2, -0.15) is 0 Å². The van der Waals surface area contributed by atoms with Crippen LogP contribution in [0.25, 0.3) is 11.1 Å². The van der Waals surface area contributed by atoms with E-state index in [-0.39, 0.29) is 31.0 Å². The molecular weight excluding hydrogens is 410 g/mol. The molecule has 0 saturated heterocycles. The molecular formula is C25H29NO6. The minimum Gasteiger partial charge on any atom is -0.493 e. The van der Waals surface area contributed by atoms with Gasteiger partial charge in [-0.15, -0.1) is 0 Å². The third-order valence-electron chi connectivity index (χ3n) is 6.11. The molecule has 1 amide bonds. The van der Waals surface area contributed by atoms with Crippen molar-refractivity contribution in [1.29, 1.82) is 0 Å². The summed E-state index contributed by atoms with van der Waals surface area (Å²) in [5.41, 5.74) is 3.33. The van der Waals surface area contributed by atoms with Crippen LogP contribution in [0.1, 0.15) is 48.0 Å². The van der Waals surface area contributed by atoms with Gasteiger partial charge < -0.3 is 24.3 Å². The number of fused-ring (bicyclic) bond motifs is 1. The highest BCUT2D eigenvalue weighted by molar-refractivity contribution is 5.99. The number of rotatable bonds is 8. The van der Waals surface area contributed by atoms with Crippen LogP contribution in [-0.2, 0) is 16.1 Å². The molecule has 170 valence electrons. The molecule has 0 radical (unpaired) electrons. The Morgan fingerprint density at radius 2 is 1.75 bits per heavy atom. The largest absolute Gasteiger partial charge is 0.493 e. The van der Waals surface area contributed by atoms with Gasteiger partial charge in [0.15, 0.2) is 11.5 Å². The number of nitrogens with one attached hydrogen (secondary N) is 1. The first-order chi connectivity index (χ1) is 15.6. The van der Waals surface area contributed by atoms with Crippen LogP contribution < -0.4 is 19.5 Å². The van der Waals surface area contributed by atoms with Gasteiger partial charge in [0, 0.05) is 17.7 Å². The van der Waals surface area contributed by atoms with Gasteiger partial charge in [-0.3, -0.25) is 9.59 Å². The number of benzene rings is 2. The van der Waals surface area contributed by atoms with Crippen molar-refractivity contribution in [3.05, 3.63) is 41.5 Å². The molecule has 2 aromatic rings. The van der Waals surface area contributed by atoms with Gasteiger partial charge in [0.1, 0.15) is 13.2 Å². The van der Waals surface area contributed by atoms with E-state index in [9.17, 15) is 9.59 Å². The quantitative estimate of drug-likeness (QED) is 0.492. The van der Waals surface area contributed by atoms with Crippen molar-refractivity contribution in [3.8, 4) is 28.4 Å². The Kier molecular flexibility index (Phi) is 6.83. The molecule has 2 aromatic carbocycles. The maximum absolute atomic E-state index is 12.3. The number of hydrogen-bond donors (Lipinski definition) is 1. The van der Waals surface area contributed by atoms with Crippen LogP contribution in [0, 0.1) is 5.92 Å². The number of hydrogen-bond acceptors (Lipinski definition) is 6. The van der Waals surface area contributed by atoms with Crippen LogP contribution in [0.15, 0.2) is 30.3 Å². The zero-order chi connectivity index (χ0) is 22.5. The highest BCUT2D eigenvalue weighted by Crippen LogP contribution is 2.45. The number of methoxy groups -OCH3 is 2. The SMILES string of the molecule is COc1ccc(-c2ccc3c(c2)CNC3=O)c(OCCOC(=O)C2CCCCC2)c1OC. The second-order valence-corrected chi connectivity index (χ2v) is 8.08. The zero-order valence-corrected chi connectivity index (χ0v) is 18.6. The van der Waals surface area contributed by atoms with Gasteiger partial charge in [0.2, 0.25) is 5.75 Å². The molecule has 1 aliphatic heterocycles. The highest BCUT2D eigenvalue weighted by Gasteiger charge is 2.24. The van der Waals surface area contributed by atoms with Crippen molar-refractivity contribution in [1.82, 2.24) is 5.32 Å². The van der Waals surface area contributed by atoms with Gasteiger partial charge in [-0.25, -0.2) is 0 Å². The molecule has 1 heterocycles. The molecule has 0 atom stereocenters. The number of carbonyl (C=O) groups is 2. The molecule has 0 bridgehead atoms. The lowest BCUT2D eigenvalue weighted by molar-refractivity contribution is -0.150. The normalized spacial score (nSPS) is 15.6. The van der Waals surface area contributed by atoms with Crippen LogP contribution in [0.4, 0.5) is 0 Å². The fourth-order valence-corrected chi connectivity index (χ4v) is 4.41. The number of amides is 1. The predicted molar refractivity (Wildman–Crippen MR) is 119 cm³/mol. The van der Waals surface area contributed by atoms with Crippen molar-refractivity contribution in [2.24, 2.45) is 5.92 Å². The van der Waals surface area contributed by atoms with Crippen LogP contribution >= 0.6 is 0 Å². The second-order valence-electron chi connectivity index (χ2n) is 8.08. The lowest BCUT2D eigenvalue weighted by Gasteiger charge is -2.21. The third-order valence-corrected chi connectivity index (χ3v) is 6.11. The maximum atomic E-state index is 12.3. The van der Waals surface area contributed by atoms with Gasteiger partial charge >= 0.3 is 5.97 Å². The summed E-state index contributed by atoms with van der Waals surface area (Å²) in [5.74, 6) is 1.34. The van der Waals surface area contributed by atoms with Gasteiger partial charge in [-0.1, -0.05) is 25.3 Å². The summed E-state index contributed by atoms with van der Waals surface area (Å²) in [7, 11) is 3.13. The maximum Gasteiger partial charge on any atom is 0.309 e. The minimum atomic E-state index is -0.137. The molecule has 7 nitrogen and oxygen atoms in total. The highest BCUT2D eigenvalue weighted by atomic mass is 16.6. The van der Waals surface area contributed by atoms with Gasteiger partial charge in [0.05, 0.1) is 20.1 Å². The molecule has 7 heteroatoms. The van der Waals surface area contributed by atoms with Crippen molar-refractivity contribution in [2.45, 2.75) is 38.6 Å².